The van der Waals surface area contributed by atoms with Crippen LogP contribution >= 0.6 is 11.6 Å². The Morgan fingerprint density at radius 2 is 2.05 bits per heavy atom. The summed E-state index contributed by atoms with van der Waals surface area (Å²) in [6.07, 6.45) is 0. The third kappa shape index (κ3) is 2.56. The van der Waals surface area contributed by atoms with E-state index in [4.69, 9.17) is 21.1 Å². The van der Waals surface area contributed by atoms with E-state index in [-0.39, 0.29) is 6.61 Å². The number of hydrogen-bond donors (Lipinski definition) is 1. The number of benzene rings is 2. The predicted octanol–water partition coefficient (Wildman–Crippen LogP) is 3.28. The summed E-state index contributed by atoms with van der Waals surface area (Å²) < 4.78 is 11.3. The minimum absolute atomic E-state index is 0.0362. The molecule has 1 N–H and O–H groups in total. The van der Waals surface area contributed by atoms with E-state index in [0.717, 1.165) is 11.1 Å². The van der Waals surface area contributed by atoms with Crippen LogP contribution in [0.15, 0.2) is 47.5 Å². The average molecular weight is 318 g/mol. The SMILES string of the molecule is CN=C1O[C@](O)(COc2ccc(Cl)cc2C)c2ccccc21. The van der Waals surface area contributed by atoms with Crippen molar-refractivity contribution in [3.63, 3.8) is 0 Å². The zero-order chi connectivity index (χ0) is 15.7. The van der Waals surface area contributed by atoms with Crippen LogP contribution in [0.4, 0.5) is 0 Å². The number of ether oxygens (including phenoxy) is 2. The highest BCUT2D eigenvalue weighted by molar-refractivity contribution is 6.30. The van der Waals surface area contributed by atoms with Gasteiger partial charge in [-0.2, -0.15) is 0 Å². The molecule has 0 saturated carbocycles. The van der Waals surface area contributed by atoms with Crippen molar-refractivity contribution in [2.24, 2.45) is 4.99 Å². The topological polar surface area (TPSA) is 51.0 Å². The van der Waals surface area contributed by atoms with Crippen molar-refractivity contribution < 1.29 is 14.6 Å². The lowest BCUT2D eigenvalue weighted by Gasteiger charge is -2.23. The number of hydrogen-bond acceptors (Lipinski definition) is 4. The van der Waals surface area contributed by atoms with Crippen molar-refractivity contribution in [2.75, 3.05) is 13.7 Å². The van der Waals surface area contributed by atoms with E-state index in [0.29, 0.717) is 22.2 Å². The van der Waals surface area contributed by atoms with Crippen LogP contribution in [-0.2, 0) is 10.5 Å². The van der Waals surface area contributed by atoms with Crippen LogP contribution in [0.3, 0.4) is 0 Å². The number of halogens is 1. The molecule has 0 amide bonds. The second-order valence-corrected chi connectivity index (χ2v) is 5.60. The van der Waals surface area contributed by atoms with Crippen LogP contribution in [0.5, 0.6) is 5.75 Å². The first kappa shape index (κ1) is 14.9. The molecule has 114 valence electrons. The Kier molecular flexibility index (Phi) is 3.81. The summed E-state index contributed by atoms with van der Waals surface area (Å²) >= 11 is 5.93. The number of aryl methyl sites for hydroxylation is 1. The number of aliphatic imine (C=N–C) groups is 1. The lowest BCUT2D eigenvalue weighted by Crippen LogP contribution is -2.33. The highest BCUT2D eigenvalue weighted by atomic mass is 35.5. The van der Waals surface area contributed by atoms with Gasteiger partial charge in [-0.3, -0.25) is 4.99 Å². The summed E-state index contributed by atoms with van der Waals surface area (Å²) in [6.45, 7) is 1.86. The standard InChI is InChI=1S/C17H16ClNO3/c1-11-9-12(18)7-8-15(11)21-10-17(20)14-6-4-3-5-13(14)16(19-2)22-17/h3-9,20H,10H2,1-2H3/t17-/m1/s1. The predicted molar refractivity (Wildman–Crippen MR) is 85.6 cm³/mol. The van der Waals surface area contributed by atoms with E-state index in [1.807, 2.05) is 37.3 Å². The molecule has 22 heavy (non-hydrogen) atoms. The van der Waals surface area contributed by atoms with E-state index in [1.54, 1.807) is 19.2 Å². The number of aliphatic hydroxyl groups is 1. The average Bonchev–Trinajstić information content (AvgIpc) is 2.80. The maximum Gasteiger partial charge on any atom is 0.271 e. The highest BCUT2D eigenvalue weighted by Crippen LogP contribution is 2.35. The van der Waals surface area contributed by atoms with Crippen LogP contribution in [0.2, 0.25) is 5.02 Å². The number of fused-ring (bicyclic) bond motifs is 1. The van der Waals surface area contributed by atoms with Gasteiger partial charge in [-0.25, -0.2) is 0 Å². The first-order chi connectivity index (χ1) is 10.5. The summed E-state index contributed by atoms with van der Waals surface area (Å²) in [5.74, 6) is -0.479. The molecule has 0 fully saturated rings. The van der Waals surface area contributed by atoms with Gasteiger partial charge in [0.15, 0.2) is 6.61 Å². The van der Waals surface area contributed by atoms with Gasteiger partial charge < -0.3 is 14.6 Å². The molecule has 1 atom stereocenters. The Hall–Kier alpha value is -2.04. The Balaban J connectivity index is 1.86. The quantitative estimate of drug-likeness (QED) is 0.945. The van der Waals surface area contributed by atoms with Crippen LogP contribution in [0.25, 0.3) is 0 Å². The second-order valence-electron chi connectivity index (χ2n) is 5.16. The van der Waals surface area contributed by atoms with Gasteiger partial charge in [0.05, 0.1) is 0 Å². The molecule has 0 bridgehead atoms. The zero-order valence-electron chi connectivity index (χ0n) is 12.3. The van der Waals surface area contributed by atoms with Crippen molar-refractivity contribution in [3.8, 4) is 5.75 Å². The van der Waals surface area contributed by atoms with E-state index in [1.165, 1.54) is 0 Å². The molecule has 3 rings (SSSR count). The van der Waals surface area contributed by atoms with E-state index < -0.39 is 5.79 Å². The Bertz CT molecular complexity index is 744. The Morgan fingerprint density at radius 1 is 1.27 bits per heavy atom. The summed E-state index contributed by atoms with van der Waals surface area (Å²) in [6, 6.07) is 12.7. The number of nitrogens with zero attached hydrogens (tertiary/aromatic N) is 1. The monoisotopic (exact) mass is 317 g/mol. The molecule has 2 aromatic carbocycles. The summed E-state index contributed by atoms with van der Waals surface area (Å²) in [4.78, 5) is 4.07. The first-order valence-electron chi connectivity index (χ1n) is 6.90. The minimum Gasteiger partial charge on any atom is -0.486 e. The van der Waals surface area contributed by atoms with Gasteiger partial charge in [-0.15, -0.1) is 0 Å². The van der Waals surface area contributed by atoms with Gasteiger partial charge in [-0.1, -0.05) is 29.8 Å². The van der Waals surface area contributed by atoms with E-state index in [9.17, 15) is 5.11 Å². The molecule has 1 heterocycles. The van der Waals surface area contributed by atoms with Crippen molar-refractivity contribution in [1.29, 1.82) is 0 Å². The third-order valence-electron chi connectivity index (χ3n) is 3.61. The van der Waals surface area contributed by atoms with Crippen molar-refractivity contribution in [2.45, 2.75) is 12.7 Å². The molecular weight excluding hydrogens is 302 g/mol. The highest BCUT2D eigenvalue weighted by Gasteiger charge is 2.43. The molecule has 0 spiro atoms. The first-order valence-corrected chi connectivity index (χ1v) is 7.28. The fourth-order valence-corrected chi connectivity index (χ4v) is 2.73. The molecule has 4 nitrogen and oxygen atoms in total. The normalized spacial score (nSPS) is 21.5. The molecular formula is C17H16ClNO3. The molecule has 1 aliphatic heterocycles. The fraction of sp³-hybridized carbons (Fsp3) is 0.235. The van der Waals surface area contributed by atoms with Crippen LogP contribution in [0, 0.1) is 6.92 Å². The Labute approximate surface area is 134 Å². The van der Waals surface area contributed by atoms with Gasteiger partial charge >= 0.3 is 0 Å². The van der Waals surface area contributed by atoms with Crippen molar-refractivity contribution in [1.82, 2.24) is 0 Å². The zero-order valence-corrected chi connectivity index (χ0v) is 13.1. The minimum atomic E-state index is -1.54. The molecule has 5 heteroatoms. The summed E-state index contributed by atoms with van der Waals surface area (Å²) in [7, 11) is 1.63. The van der Waals surface area contributed by atoms with E-state index in [2.05, 4.69) is 4.99 Å². The lowest BCUT2D eigenvalue weighted by molar-refractivity contribution is -0.169. The van der Waals surface area contributed by atoms with Crippen LogP contribution < -0.4 is 4.74 Å². The van der Waals surface area contributed by atoms with Gasteiger partial charge in [0.25, 0.3) is 5.79 Å². The molecule has 2 aromatic rings. The van der Waals surface area contributed by atoms with E-state index >= 15 is 0 Å². The third-order valence-corrected chi connectivity index (χ3v) is 3.84. The van der Waals surface area contributed by atoms with Crippen LogP contribution in [0.1, 0.15) is 16.7 Å². The van der Waals surface area contributed by atoms with Crippen molar-refractivity contribution >= 4 is 17.5 Å². The lowest BCUT2D eigenvalue weighted by atomic mass is 10.0. The molecule has 0 saturated heterocycles. The largest absolute Gasteiger partial charge is 0.486 e. The molecule has 0 aromatic heterocycles. The maximum atomic E-state index is 10.8. The molecule has 0 radical (unpaired) electrons. The maximum absolute atomic E-state index is 10.8. The second kappa shape index (κ2) is 5.63. The molecule has 0 aliphatic carbocycles. The smallest absolute Gasteiger partial charge is 0.271 e. The Morgan fingerprint density at radius 3 is 2.77 bits per heavy atom. The summed E-state index contributed by atoms with van der Waals surface area (Å²) in [5.41, 5.74) is 2.33. The summed E-state index contributed by atoms with van der Waals surface area (Å²) in [5, 5.41) is 11.4. The fourth-order valence-electron chi connectivity index (χ4n) is 2.50. The van der Waals surface area contributed by atoms with Crippen LogP contribution in [-0.4, -0.2) is 24.7 Å². The van der Waals surface area contributed by atoms with Gasteiger partial charge in [0.2, 0.25) is 5.90 Å². The van der Waals surface area contributed by atoms with Crippen molar-refractivity contribution in [3.05, 3.63) is 64.2 Å². The van der Waals surface area contributed by atoms with Gasteiger partial charge in [-0.05, 0) is 36.8 Å². The molecule has 0 unspecified atom stereocenters. The number of rotatable bonds is 3. The van der Waals surface area contributed by atoms with Gasteiger partial charge in [0, 0.05) is 23.2 Å². The molecule has 1 aliphatic rings. The van der Waals surface area contributed by atoms with Gasteiger partial charge in [0.1, 0.15) is 5.75 Å².